The number of anilines is 1. The van der Waals surface area contributed by atoms with E-state index < -0.39 is 5.97 Å². The Hall–Kier alpha value is -2.63. The molecule has 6 nitrogen and oxygen atoms in total. The Morgan fingerprint density at radius 2 is 2.00 bits per heavy atom. The van der Waals surface area contributed by atoms with E-state index in [1.165, 1.54) is 11.8 Å². The summed E-state index contributed by atoms with van der Waals surface area (Å²) >= 11 is 0. The Morgan fingerprint density at radius 1 is 1.30 bits per heavy atom. The number of carbonyl (C=O) groups excluding carboxylic acids is 2. The lowest BCUT2D eigenvalue weighted by Gasteiger charge is -2.04. The van der Waals surface area contributed by atoms with Crippen molar-refractivity contribution in [3.63, 3.8) is 0 Å². The zero-order valence-corrected chi connectivity index (χ0v) is 11.3. The van der Waals surface area contributed by atoms with Gasteiger partial charge in [0, 0.05) is 13.2 Å². The molecule has 0 aliphatic carbocycles. The molecule has 1 amide bonds. The van der Waals surface area contributed by atoms with Crippen LogP contribution < -0.4 is 5.32 Å². The first-order chi connectivity index (χ1) is 9.60. The number of nitrogens with zero attached hydrogens (tertiary/aromatic N) is 2. The molecule has 0 aliphatic rings. The summed E-state index contributed by atoms with van der Waals surface area (Å²) in [6, 6.07) is 9.35. The molecule has 20 heavy (non-hydrogen) atoms. The molecule has 1 heterocycles. The van der Waals surface area contributed by atoms with Crippen LogP contribution in [0.1, 0.15) is 16.1 Å². The molecule has 0 radical (unpaired) electrons. The Bertz CT molecular complexity index is 620. The van der Waals surface area contributed by atoms with E-state index in [1.807, 2.05) is 30.3 Å². The van der Waals surface area contributed by atoms with Crippen LogP contribution in [0.15, 0.2) is 36.5 Å². The highest BCUT2D eigenvalue weighted by molar-refractivity contribution is 6.00. The van der Waals surface area contributed by atoms with Gasteiger partial charge in [0.2, 0.25) is 5.91 Å². The van der Waals surface area contributed by atoms with Crippen LogP contribution in [-0.2, 0) is 23.0 Å². The van der Waals surface area contributed by atoms with Crippen LogP contribution in [0.5, 0.6) is 0 Å². The Morgan fingerprint density at radius 3 is 2.65 bits per heavy atom. The van der Waals surface area contributed by atoms with Crippen LogP contribution >= 0.6 is 0 Å². The van der Waals surface area contributed by atoms with Gasteiger partial charge in [-0.3, -0.25) is 9.48 Å². The summed E-state index contributed by atoms with van der Waals surface area (Å²) in [5.41, 5.74) is 1.34. The molecule has 0 unspecified atom stereocenters. The number of methoxy groups -OCH3 is 1. The highest BCUT2D eigenvalue weighted by atomic mass is 16.5. The van der Waals surface area contributed by atoms with E-state index >= 15 is 0 Å². The number of nitrogens with one attached hydrogen (secondary N) is 1. The Kier molecular flexibility index (Phi) is 4.14. The van der Waals surface area contributed by atoms with Gasteiger partial charge in [-0.15, -0.1) is 0 Å². The van der Waals surface area contributed by atoms with Crippen LogP contribution in [0.2, 0.25) is 0 Å². The lowest BCUT2D eigenvalue weighted by atomic mass is 10.1. The summed E-state index contributed by atoms with van der Waals surface area (Å²) in [6.07, 6.45) is 1.80. The van der Waals surface area contributed by atoms with Crippen LogP contribution in [-0.4, -0.2) is 28.8 Å². The quantitative estimate of drug-likeness (QED) is 0.854. The number of amides is 1. The van der Waals surface area contributed by atoms with Crippen molar-refractivity contribution in [2.24, 2.45) is 7.05 Å². The maximum Gasteiger partial charge on any atom is 0.360 e. The topological polar surface area (TPSA) is 73.2 Å². The van der Waals surface area contributed by atoms with Gasteiger partial charge in [-0.2, -0.15) is 5.10 Å². The molecule has 0 bridgehead atoms. The first kappa shape index (κ1) is 13.8. The number of aryl methyl sites for hydroxylation is 1. The molecule has 0 saturated carbocycles. The van der Waals surface area contributed by atoms with Crippen LogP contribution in [0.3, 0.4) is 0 Å². The summed E-state index contributed by atoms with van der Waals surface area (Å²) in [7, 11) is 2.94. The second-order valence-electron chi connectivity index (χ2n) is 4.27. The summed E-state index contributed by atoms with van der Waals surface area (Å²) in [6.45, 7) is 0. The fourth-order valence-corrected chi connectivity index (χ4v) is 1.80. The number of hydrogen-bond donors (Lipinski definition) is 1. The average Bonchev–Trinajstić information content (AvgIpc) is 2.79. The fraction of sp³-hybridized carbons (Fsp3) is 0.214. The van der Waals surface area contributed by atoms with Crippen molar-refractivity contribution in [2.45, 2.75) is 6.42 Å². The molecule has 2 rings (SSSR count). The number of hydrogen-bond acceptors (Lipinski definition) is 4. The molecule has 0 aliphatic heterocycles. The predicted molar refractivity (Wildman–Crippen MR) is 73.3 cm³/mol. The van der Waals surface area contributed by atoms with Gasteiger partial charge in [0.05, 0.1) is 19.2 Å². The van der Waals surface area contributed by atoms with Crippen molar-refractivity contribution in [3.8, 4) is 0 Å². The van der Waals surface area contributed by atoms with Gasteiger partial charge < -0.3 is 10.1 Å². The van der Waals surface area contributed by atoms with Gasteiger partial charge in [0.25, 0.3) is 0 Å². The SMILES string of the molecule is COC(=O)c1nn(C)cc1NC(=O)Cc1ccccc1. The summed E-state index contributed by atoms with van der Waals surface area (Å²) in [5, 5.41) is 6.64. The van der Waals surface area contributed by atoms with Crippen LogP contribution in [0.4, 0.5) is 5.69 Å². The molecule has 0 saturated heterocycles. The Labute approximate surface area is 116 Å². The van der Waals surface area contributed by atoms with E-state index in [0.29, 0.717) is 5.69 Å². The van der Waals surface area contributed by atoms with E-state index in [4.69, 9.17) is 0 Å². The van der Waals surface area contributed by atoms with Gasteiger partial charge in [-0.1, -0.05) is 30.3 Å². The van der Waals surface area contributed by atoms with Gasteiger partial charge in [-0.05, 0) is 5.56 Å². The van der Waals surface area contributed by atoms with Crippen molar-refractivity contribution in [3.05, 3.63) is 47.8 Å². The maximum absolute atomic E-state index is 12.0. The number of benzene rings is 1. The van der Waals surface area contributed by atoms with Crippen molar-refractivity contribution in [1.82, 2.24) is 9.78 Å². The smallest absolute Gasteiger partial charge is 0.360 e. The monoisotopic (exact) mass is 273 g/mol. The predicted octanol–water partition coefficient (Wildman–Crippen LogP) is 1.39. The summed E-state index contributed by atoms with van der Waals surface area (Å²) < 4.78 is 6.07. The third kappa shape index (κ3) is 3.23. The number of esters is 1. The molecule has 0 atom stereocenters. The molecule has 2 aromatic rings. The van der Waals surface area contributed by atoms with E-state index in [0.717, 1.165) is 5.56 Å². The van der Waals surface area contributed by atoms with E-state index in [1.54, 1.807) is 13.2 Å². The normalized spacial score (nSPS) is 10.1. The number of ether oxygens (including phenoxy) is 1. The summed E-state index contributed by atoms with van der Waals surface area (Å²) in [5.74, 6) is -0.796. The third-order valence-corrected chi connectivity index (χ3v) is 2.69. The summed E-state index contributed by atoms with van der Waals surface area (Å²) in [4.78, 5) is 23.5. The minimum absolute atomic E-state index is 0.0939. The number of aromatic nitrogens is 2. The maximum atomic E-state index is 12.0. The van der Waals surface area contributed by atoms with Gasteiger partial charge in [0.15, 0.2) is 5.69 Å². The van der Waals surface area contributed by atoms with Gasteiger partial charge >= 0.3 is 5.97 Å². The van der Waals surface area contributed by atoms with E-state index in [2.05, 4.69) is 15.2 Å². The fourth-order valence-electron chi connectivity index (χ4n) is 1.80. The minimum atomic E-state index is -0.583. The largest absolute Gasteiger partial charge is 0.464 e. The molecule has 0 spiro atoms. The molecular formula is C14H15N3O3. The van der Waals surface area contributed by atoms with E-state index in [-0.39, 0.29) is 18.0 Å². The van der Waals surface area contributed by atoms with Crippen molar-refractivity contribution in [1.29, 1.82) is 0 Å². The van der Waals surface area contributed by atoms with Crippen LogP contribution in [0.25, 0.3) is 0 Å². The van der Waals surface area contributed by atoms with Gasteiger partial charge in [-0.25, -0.2) is 4.79 Å². The zero-order chi connectivity index (χ0) is 14.5. The second-order valence-corrected chi connectivity index (χ2v) is 4.27. The molecule has 0 fully saturated rings. The van der Waals surface area contributed by atoms with E-state index in [9.17, 15) is 9.59 Å². The lowest BCUT2D eigenvalue weighted by Crippen LogP contribution is -2.16. The zero-order valence-electron chi connectivity index (χ0n) is 11.3. The highest BCUT2D eigenvalue weighted by Crippen LogP contribution is 2.14. The first-order valence-corrected chi connectivity index (χ1v) is 6.06. The molecule has 104 valence electrons. The van der Waals surface area contributed by atoms with Crippen molar-refractivity contribution in [2.75, 3.05) is 12.4 Å². The standard InChI is InChI=1S/C14H15N3O3/c1-17-9-11(13(16-17)14(19)20-2)15-12(18)8-10-6-4-3-5-7-10/h3-7,9H,8H2,1-2H3,(H,15,18). The molecule has 1 aromatic carbocycles. The Balaban J connectivity index is 2.10. The average molecular weight is 273 g/mol. The number of rotatable bonds is 4. The minimum Gasteiger partial charge on any atom is -0.464 e. The third-order valence-electron chi connectivity index (χ3n) is 2.69. The molecule has 6 heteroatoms. The second kappa shape index (κ2) is 6.01. The van der Waals surface area contributed by atoms with Crippen molar-refractivity contribution >= 4 is 17.6 Å². The first-order valence-electron chi connectivity index (χ1n) is 6.06. The highest BCUT2D eigenvalue weighted by Gasteiger charge is 2.18. The number of carbonyl (C=O) groups is 2. The van der Waals surface area contributed by atoms with Gasteiger partial charge in [0.1, 0.15) is 0 Å². The molecule has 1 aromatic heterocycles. The lowest BCUT2D eigenvalue weighted by molar-refractivity contribution is -0.115. The van der Waals surface area contributed by atoms with Crippen LogP contribution in [0, 0.1) is 0 Å². The molecular weight excluding hydrogens is 258 g/mol. The molecule has 1 N–H and O–H groups in total. The van der Waals surface area contributed by atoms with Crippen molar-refractivity contribution < 1.29 is 14.3 Å².